The van der Waals surface area contributed by atoms with Gasteiger partial charge in [0.15, 0.2) is 10.9 Å². The molecular weight excluding hydrogens is 447 g/mol. The van der Waals surface area contributed by atoms with Gasteiger partial charge in [-0.2, -0.15) is 0 Å². The minimum absolute atomic E-state index is 0.0540. The standard InChI is InChI=1S/C25H20ClFN2O2S/c1-14-10-16(3)19(11-15(14)2)23(30)13-32-25-28-22-7-5-4-6-18(22)24(31)29(25)17-8-9-21(27)20(26)12-17/h4-12H,13H2,1-3H3. The van der Waals surface area contributed by atoms with Crippen molar-refractivity contribution in [2.24, 2.45) is 0 Å². The third kappa shape index (κ3) is 4.20. The minimum atomic E-state index is -0.577. The lowest BCUT2D eigenvalue weighted by atomic mass is 9.99. The zero-order valence-corrected chi connectivity index (χ0v) is 19.4. The van der Waals surface area contributed by atoms with Gasteiger partial charge in [0, 0.05) is 5.56 Å². The molecular formula is C25H20ClFN2O2S. The normalized spacial score (nSPS) is 11.2. The van der Waals surface area contributed by atoms with E-state index in [1.54, 1.807) is 24.3 Å². The molecule has 0 aliphatic heterocycles. The first kappa shape index (κ1) is 22.2. The molecule has 7 heteroatoms. The first-order valence-corrected chi connectivity index (χ1v) is 11.3. The molecule has 4 rings (SSSR count). The van der Waals surface area contributed by atoms with Crippen LogP contribution in [0, 0.1) is 26.6 Å². The number of thioether (sulfide) groups is 1. The fraction of sp³-hybridized carbons (Fsp3) is 0.160. The van der Waals surface area contributed by atoms with Crippen LogP contribution in [0.5, 0.6) is 0 Å². The van der Waals surface area contributed by atoms with Gasteiger partial charge in [0.05, 0.1) is 27.4 Å². The maximum absolute atomic E-state index is 13.7. The van der Waals surface area contributed by atoms with Crippen LogP contribution in [0.15, 0.2) is 64.5 Å². The van der Waals surface area contributed by atoms with Crippen molar-refractivity contribution in [2.45, 2.75) is 25.9 Å². The van der Waals surface area contributed by atoms with Crippen molar-refractivity contribution in [3.8, 4) is 5.69 Å². The number of nitrogens with zero attached hydrogens (tertiary/aromatic N) is 2. The van der Waals surface area contributed by atoms with Crippen molar-refractivity contribution in [3.63, 3.8) is 0 Å². The van der Waals surface area contributed by atoms with E-state index in [2.05, 4.69) is 4.98 Å². The summed E-state index contributed by atoms with van der Waals surface area (Å²) in [5, 5.41) is 0.667. The monoisotopic (exact) mass is 466 g/mol. The number of aryl methyl sites for hydroxylation is 3. The summed E-state index contributed by atoms with van der Waals surface area (Å²) in [6, 6.07) is 14.9. The summed E-state index contributed by atoms with van der Waals surface area (Å²) in [5.74, 6) is -0.531. The Morgan fingerprint density at radius 1 is 1.03 bits per heavy atom. The van der Waals surface area contributed by atoms with Gasteiger partial charge in [-0.15, -0.1) is 0 Å². The van der Waals surface area contributed by atoms with E-state index in [9.17, 15) is 14.0 Å². The molecule has 4 aromatic rings. The van der Waals surface area contributed by atoms with Crippen molar-refractivity contribution in [1.29, 1.82) is 0 Å². The average molecular weight is 467 g/mol. The predicted octanol–water partition coefficient (Wildman–Crippen LogP) is 6.08. The van der Waals surface area contributed by atoms with Crippen LogP contribution in [-0.4, -0.2) is 21.1 Å². The number of aromatic nitrogens is 2. The number of hydrogen-bond donors (Lipinski definition) is 0. The highest BCUT2D eigenvalue weighted by Crippen LogP contribution is 2.26. The summed E-state index contributed by atoms with van der Waals surface area (Å²) >= 11 is 7.14. The summed E-state index contributed by atoms with van der Waals surface area (Å²) in [4.78, 5) is 30.9. The molecule has 1 heterocycles. The molecule has 0 N–H and O–H groups in total. The van der Waals surface area contributed by atoms with Crippen LogP contribution in [0.25, 0.3) is 16.6 Å². The molecule has 0 atom stereocenters. The molecule has 162 valence electrons. The third-order valence-electron chi connectivity index (χ3n) is 5.38. The second kappa shape index (κ2) is 8.88. The van der Waals surface area contributed by atoms with Gasteiger partial charge in [0.2, 0.25) is 0 Å². The van der Waals surface area contributed by atoms with Crippen LogP contribution < -0.4 is 5.56 Å². The number of halogens is 2. The summed E-state index contributed by atoms with van der Waals surface area (Å²) in [6.45, 7) is 5.89. The number of rotatable bonds is 5. The van der Waals surface area contributed by atoms with Crippen LogP contribution >= 0.6 is 23.4 Å². The molecule has 0 unspecified atom stereocenters. The molecule has 0 saturated carbocycles. The van der Waals surface area contributed by atoms with Gasteiger partial charge in [0.1, 0.15) is 5.82 Å². The molecule has 0 aliphatic carbocycles. The number of ketones is 1. The zero-order chi connectivity index (χ0) is 23.0. The molecule has 0 bridgehead atoms. The van der Waals surface area contributed by atoms with Crippen molar-refractivity contribution >= 4 is 40.0 Å². The molecule has 32 heavy (non-hydrogen) atoms. The molecule has 0 spiro atoms. The Morgan fingerprint density at radius 2 is 1.75 bits per heavy atom. The highest BCUT2D eigenvalue weighted by molar-refractivity contribution is 7.99. The third-order valence-corrected chi connectivity index (χ3v) is 6.61. The van der Waals surface area contributed by atoms with Crippen LogP contribution in [0.4, 0.5) is 4.39 Å². The number of hydrogen-bond acceptors (Lipinski definition) is 4. The number of carbonyl (C=O) groups is 1. The second-order valence-corrected chi connectivity index (χ2v) is 8.96. The van der Waals surface area contributed by atoms with E-state index in [-0.39, 0.29) is 22.1 Å². The molecule has 0 aliphatic rings. The summed E-state index contributed by atoms with van der Waals surface area (Å²) in [5.41, 5.74) is 4.34. The number of fused-ring (bicyclic) bond motifs is 1. The van der Waals surface area contributed by atoms with Crippen molar-refractivity contribution in [2.75, 3.05) is 5.75 Å². The van der Waals surface area contributed by atoms with E-state index in [0.29, 0.717) is 27.3 Å². The average Bonchev–Trinajstić information content (AvgIpc) is 2.77. The smallest absolute Gasteiger partial charge is 0.266 e. The fourth-order valence-corrected chi connectivity index (χ4v) is 4.60. The highest BCUT2D eigenvalue weighted by Gasteiger charge is 2.17. The Labute approximate surface area is 194 Å². The number of benzene rings is 3. The van der Waals surface area contributed by atoms with Gasteiger partial charge in [-0.25, -0.2) is 9.37 Å². The van der Waals surface area contributed by atoms with Crippen LogP contribution in [-0.2, 0) is 0 Å². The van der Waals surface area contributed by atoms with E-state index in [4.69, 9.17) is 11.6 Å². The first-order valence-electron chi connectivity index (χ1n) is 9.97. The molecule has 1 aromatic heterocycles. The van der Waals surface area contributed by atoms with E-state index in [1.807, 2.05) is 32.9 Å². The molecule has 0 fully saturated rings. The van der Waals surface area contributed by atoms with Crippen LogP contribution in [0.3, 0.4) is 0 Å². The number of carbonyl (C=O) groups excluding carboxylic acids is 1. The van der Waals surface area contributed by atoms with Crippen molar-refractivity contribution < 1.29 is 9.18 Å². The lowest BCUT2D eigenvalue weighted by molar-refractivity contribution is 0.102. The van der Waals surface area contributed by atoms with Gasteiger partial charge in [-0.1, -0.05) is 41.6 Å². The second-order valence-electron chi connectivity index (χ2n) is 7.61. The van der Waals surface area contributed by atoms with Crippen molar-refractivity contribution in [1.82, 2.24) is 9.55 Å². The Morgan fingerprint density at radius 3 is 2.50 bits per heavy atom. The Balaban J connectivity index is 1.78. The summed E-state index contributed by atoms with van der Waals surface area (Å²) in [6.07, 6.45) is 0. The molecule has 0 radical (unpaired) electrons. The largest absolute Gasteiger partial charge is 0.293 e. The Hall–Kier alpha value is -2.96. The fourth-order valence-electron chi connectivity index (χ4n) is 3.53. The highest BCUT2D eigenvalue weighted by atomic mass is 35.5. The topological polar surface area (TPSA) is 52.0 Å². The van der Waals surface area contributed by atoms with E-state index in [1.165, 1.54) is 34.5 Å². The van der Waals surface area contributed by atoms with Crippen LogP contribution in [0.2, 0.25) is 5.02 Å². The number of para-hydroxylation sites is 1. The minimum Gasteiger partial charge on any atom is -0.293 e. The van der Waals surface area contributed by atoms with Crippen LogP contribution in [0.1, 0.15) is 27.0 Å². The van der Waals surface area contributed by atoms with Gasteiger partial charge in [-0.05, 0) is 73.9 Å². The van der Waals surface area contributed by atoms with E-state index < -0.39 is 5.82 Å². The van der Waals surface area contributed by atoms with E-state index in [0.717, 1.165) is 16.7 Å². The lowest BCUT2D eigenvalue weighted by Gasteiger charge is -2.14. The Kier molecular flexibility index (Phi) is 6.17. The summed E-state index contributed by atoms with van der Waals surface area (Å²) in [7, 11) is 0. The number of Topliss-reactive ketones (excluding diaryl/α,β-unsaturated/α-hetero) is 1. The van der Waals surface area contributed by atoms with Gasteiger partial charge >= 0.3 is 0 Å². The maximum atomic E-state index is 13.7. The maximum Gasteiger partial charge on any atom is 0.266 e. The van der Waals surface area contributed by atoms with E-state index >= 15 is 0 Å². The predicted molar refractivity (Wildman–Crippen MR) is 128 cm³/mol. The van der Waals surface area contributed by atoms with Crippen molar-refractivity contribution in [3.05, 3.63) is 98.0 Å². The molecule has 0 amide bonds. The molecule has 0 saturated heterocycles. The quantitative estimate of drug-likeness (QED) is 0.203. The van der Waals surface area contributed by atoms with Gasteiger partial charge in [0.25, 0.3) is 5.56 Å². The molecule has 3 aromatic carbocycles. The molecule has 4 nitrogen and oxygen atoms in total. The summed E-state index contributed by atoms with van der Waals surface area (Å²) < 4.78 is 15.1. The van der Waals surface area contributed by atoms with Gasteiger partial charge in [-0.3, -0.25) is 14.2 Å². The SMILES string of the molecule is Cc1cc(C)c(C(=O)CSc2nc3ccccc3c(=O)n2-c2ccc(F)c(Cl)c2)cc1C. The lowest BCUT2D eigenvalue weighted by Crippen LogP contribution is -2.22. The Bertz CT molecular complexity index is 1430. The zero-order valence-electron chi connectivity index (χ0n) is 17.8. The van der Waals surface area contributed by atoms with Gasteiger partial charge < -0.3 is 0 Å². The first-order chi connectivity index (χ1) is 15.3.